The predicted octanol–water partition coefficient (Wildman–Crippen LogP) is 2.28. The Labute approximate surface area is 132 Å². The molecule has 1 aromatic carbocycles. The van der Waals surface area contributed by atoms with Crippen molar-refractivity contribution >= 4 is 5.91 Å². The van der Waals surface area contributed by atoms with Gasteiger partial charge in [-0.05, 0) is 38.1 Å². The van der Waals surface area contributed by atoms with Crippen LogP contribution in [-0.4, -0.2) is 25.9 Å². The number of aryl methyl sites for hydroxylation is 2. The fraction of sp³-hybridized carbons (Fsp3) is 0.188. The number of benzene rings is 1. The molecule has 0 aliphatic rings. The van der Waals surface area contributed by atoms with Crippen molar-refractivity contribution in [3.05, 3.63) is 65.0 Å². The van der Waals surface area contributed by atoms with Crippen LogP contribution in [0.1, 0.15) is 27.3 Å². The standard InChI is InChI=1S/C16H16FN5O/c1-10-15(11(2)21-20-10)8-18-16(23)12-7-19-22(9-12)14-5-3-13(17)4-6-14/h3-7,9H,8H2,1-2H3,(H,18,23)(H,20,21). The summed E-state index contributed by atoms with van der Waals surface area (Å²) in [5.41, 5.74) is 3.90. The average molecular weight is 313 g/mol. The van der Waals surface area contributed by atoms with Gasteiger partial charge in [0.1, 0.15) is 5.82 Å². The lowest BCUT2D eigenvalue weighted by molar-refractivity contribution is 0.0951. The molecule has 3 aromatic rings. The molecule has 118 valence electrons. The van der Waals surface area contributed by atoms with Crippen molar-refractivity contribution in [1.82, 2.24) is 25.3 Å². The number of aromatic amines is 1. The van der Waals surface area contributed by atoms with Gasteiger partial charge in [0.25, 0.3) is 5.91 Å². The van der Waals surface area contributed by atoms with Crippen molar-refractivity contribution in [1.29, 1.82) is 0 Å². The van der Waals surface area contributed by atoms with Crippen molar-refractivity contribution in [2.45, 2.75) is 20.4 Å². The Morgan fingerprint density at radius 3 is 2.70 bits per heavy atom. The fourth-order valence-corrected chi connectivity index (χ4v) is 2.28. The van der Waals surface area contributed by atoms with Gasteiger partial charge in [-0.1, -0.05) is 0 Å². The first-order valence-corrected chi connectivity index (χ1v) is 7.14. The van der Waals surface area contributed by atoms with Gasteiger partial charge in [-0.2, -0.15) is 10.2 Å². The van der Waals surface area contributed by atoms with Gasteiger partial charge in [-0.25, -0.2) is 9.07 Å². The highest BCUT2D eigenvalue weighted by atomic mass is 19.1. The summed E-state index contributed by atoms with van der Waals surface area (Å²) in [6.07, 6.45) is 3.09. The van der Waals surface area contributed by atoms with Crippen LogP contribution in [0.5, 0.6) is 0 Å². The van der Waals surface area contributed by atoms with E-state index in [1.165, 1.54) is 23.0 Å². The summed E-state index contributed by atoms with van der Waals surface area (Å²) in [5, 5.41) is 14.0. The van der Waals surface area contributed by atoms with Gasteiger partial charge in [-0.15, -0.1) is 0 Å². The quantitative estimate of drug-likeness (QED) is 0.776. The summed E-state index contributed by atoms with van der Waals surface area (Å²) < 4.78 is 14.5. The molecule has 0 saturated carbocycles. The van der Waals surface area contributed by atoms with E-state index >= 15 is 0 Å². The van der Waals surface area contributed by atoms with Crippen LogP contribution in [0.4, 0.5) is 4.39 Å². The molecule has 0 fully saturated rings. The Kier molecular flexibility index (Phi) is 3.92. The molecule has 2 aromatic heterocycles. The fourth-order valence-electron chi connectivity index (χ4n) is 2.28. The second kappa shape index (κ2) is 6.04. The Hall–Kier alpha value is -2.96. The number of carbonyl (C=O) groups is 1. The maximum absolute atomic E-state index is 12.9. The van der Waals surface area contributed by atoms with E-state index in [1.54, 1.807) is 18.3 Å². The van der Waals surface area contributed by atoms with E-state index in [9.17, 15) is 9.18 Å². The van der Waals surface area contributed by atoms with E-state index in [0.717, 1.165) is 17.0 Å². The SMILES string of the molecule is Cc1n[nH]c(C)c1CNC(=O)c1cnn(-c2ccc(F)cc2)c1. The van der Waals surface area contributed by atoms with Crippen LogP contribution in [-0.2, 0) is 6.54 Å². The minimum absolute atomic E-state index is 0.224. The number of hydrogen-bond acceptors (Lipinski definition) is 3. The Balaban J connectivity index is 1.70. The molecule has 3 rings (SSSR count). The Bertz CT molecular complexity index is 815. The summed E-state index contributed by atoms with van der Waals surface area (Å²) in [5.74, 6) is -0.539. The second-order valence-electron chi connectivity index (χ2n) is 5.25. The maximum atomic E-state index is 12.9. The van der Waals surface area contributed by atoms with Crippen molar-refractivity contribution in [2.24, 2.45) is 0 Å². The first-order valence-electron chi connectivity index (χ1n) is 7.14. The maximum Gasteiger partial charge on any atom is 0.254 e. The lowest BCUT2D eigenvalue weighted by atomic mass is 10.2. The van der Waals surface area contributed by atoms with Crippen molar-refractivity contribution < 1.29 is 9.18 Å². The molecule has 0 radical (unpaired) electrons. The largest absolute Gasteiger partial charge is 0.348 e. The van der Waals surface area contributed by atoms with E-state index < -0.39 is 0 Å². The first kappa shape index (κ1) is 15.0. The molecule has 1 amide bonds. The summed E-state index contributed by atoms with van der Waals surface area (Å²) in [7, 11) is 0. The van der Waals surface area contributed by atoms with Gasteiger partial charge < -0.3 is 5.32 Å². The Morgan fingerprint density at radius 2 is 2.04 bits per heavy atom. The van der Waals surface area contributed by atoms with E-state index in [-0.39, 0.29) is 11.7 Å². The number of hydrogen-bond donors (Lipinski definition) is 2. The monoisotopic (exact) mass is 313 g/mol. The van der Waals surface area contributed by atoms with Crippen molar-refractivity contribution in [3.63, 3.8) is 0 Å². The summed E-state index contributed by atoms with van der Waals surface area (Å²) in [4.78, 5) is 12.2. The third-order valence-electron chi connectivity index (χ3n) is 3.64. The number of nitrogens with one attached hydrogen (secondary N) is 2. The molecule has 0 aliphatic carbocycles. The van der Waals surface area contributed by atoms with Crippen LogP contribution >= 0.6 is 0 Å². The topological polar surface area (TPSA) is 75.6 Å². The molecule has 0 unspecified atom stereocenters. The number of halogens is 1. The van der Waals surface area contributed by atoms with Crippen LogP contribution in [0, 0.1) is 19.7 Å². The molecule has 2 N–H and O–H groups in total. The molecule has 0 spiro atoms. The minimum Gasteiger partial charge on any atom is -0.348 e. The number of amides is 1. The molecular weight excluding hydrogens is 297 g/mol. The van der Waals surface area contributed by atoms with Crippen LogP contribution in [0.25, 0.3) is 5.69 Å². The highest BCUT2D eigenvalue weighted by molar-refractivity contribution is 5.93. The van der Waals surface area contributed by atoms with Gasteiger partial charge in [0.05, 0.1) is 23.1 Å². The average Bonchev–Trinajstić information content (AvgIpc) is 3.14. The van der Waals surface area contributed by atoms with Gasteiger partial charge in [0, 0.05) is 24.0 Å². The zero-order valence-corrected chi connectivity index (χ0v) is 12.8. The zero-order chi connectivity index (χ0) is 16.4. The van der Waals surface area contributed by atoms with Gasteiger partial charge in [-0.3, -0.25) is 9.89 Å². The highest BCUT2D eigenvalue weighted by Gasteiger charge is 2.12. The van der Waals surface area contributed by atoms with Crippen LogP contribution in [0.2, 0.25) is 0 Å². The molecule has 7 heteroatoms. The molecule has 0 saturated heterocycles. The van der Waals surface area contributed by atoms with Crippen LogP contribution in [0.15, 0.2) is 36.7 Å². The van der Waals surface area contributed by atoms with Crippen LogP contribution in [0.3, 0.4) is 0 Å². The second-order valence-corrected chi connectivity index (χ2v) is 5.25. The predicted molar refractivity (Wildman–Crippen MR) is 82.8 cm³/mol. The number of aromatic nitrogens is 4. The lowest BCUT2D eigenvalue weighted by Gasteiger charge is -2.04. The molecular formula is C16H16FN5O. The summed E-state index contributed by atoms with van der Waals surface area (Å²) >= 11 is 0. The number of H-pyrrole nitrogens is 1. The molecule has 2 heterocycles. The number of rotatable bonds is 4. The molecule has 0 atom stereocenters. The number of nitrogens with zero attached hydrogens (tertiary/aromatic N) is 3. The smallest absolute Gasteiger partial charge is 0.254 e. The first-order chi connectivity index (χ1) is 11.0. The van der Waals surface area contributed by atoms with Crippen molar-refractivity contribution in [3.8, 4) is 5.69 Å². The summed E-state index contributed by atoms with van der Waals surface area (Å²) in [6.45, 7) is 4.19. The van der Waals surface area contributed by atoms with E-state index in [1.807, 2.05) is 13.8 Å². The molecule has 6 nitrogen and oxygen atoms in total. The number of carbonyl (C=O) groups excluding carboxylic acids is 1. The van der Waals surface area contributed by atoms with Crippen molar-refractivity contribution in [2.75, 3.05) is 0 Å². The van der Waals surface area contributed by atoms with Gasteiger partial charge in [0.2, 0.25) is 0 Å². The van der Waals surface area contributed by atoms with E-state index in [4.69, 9.17) is 0 Å². The third kappa shape index (κ3) is 3.13. The molecule has 0 aliphatic heterocycles. The van der Waals surface area contributed by atoms with E-state index in [2.05, 4.69) is 20.6 Å². The third-order valence-corrected chi connectivity index (χ3v) is 3.64. The Morgan fingerprint density at radius 1 is 1.30 bits per heavy atom. The lowest BCUT2D eigenvalue weighted by Crippen LogP contribution is -2.23. The van der Waals surface area contributed by atoms with Gasteiger partial charge in [0.15, 0.2) is 0 Å². The van der Waals surface area contributed by atoms with Gasteiger partial charge >= 0.3 is 0 Å². The van der Waals surface area contributed by atoms with Crippen LogP contribution < -0.4 is 5.32 Å². The summed E-state index contributed by atoms with van der Waals surface area (Å²) in [6, 6.07) is 5.90. The molecule has 23 heavy (non-hydrogen) atoms. The minimum atomic E-state index is -0.315. The zero-order valence-electron chi connectivity index (χ0n) is 12.8. The normalized spacial score (nSPS) is 10.7. The highest BCUT2D eigenvalue weighted by Crippen LogP contribution is 2.11. The van der Waals surface area contributed by atoms with E-state index in [0.29, 0.717) is 17.8 Å². The molecule has 0 bridgehead atoms.